The Bertz CT molecular complexity index is 374. The lowest BCUT2D eigenvalue weighted by atomic mass is 10.0. The Balaban J connectivity index is 2.18. The molecule has 2 heterocycles. The third kappa shape index (κ3) is 2.57. The minimum atomic E-state index is 0.896. The van der Waals surface area contributed by atoms with Gasteiger partial charge < -0.3 is 10.2 Å². The summed E-state index contributed by atoms with van der Waals surface area (Å²) in [6.45, 7) is 5.05. The SMILES string of the molecule is Cc1nc(CCN(C)C)nc2c1CCNC2. The molecule has 0 radical (unpaired) electrons. The number of rotatable bonds is 3. The third-order valence-corrected chi connectivity index (χ3v) is 2.97. The van der Waals surface area contributed by atoms with E-state index in [-0.39, 0.29) is 0 Å². The fourth-order valence-corrected chi connectivity index (χ4v) is 2.05. The summed E-state index contributed by atoms with van der Waals surface area (Å²) in [5.74, 6) is 0.980. The van der Waals surface area contributed by atoms with Gasteiger partial charge in [-0.3, -0.25) is 0 Å². The molecular weight excluding hydrogens is 200 g/mol. The number of fused-ring (bicyclic) bond motifs is 1. The quantitative estimate of drug-likeness (QED) is 0.807. The molecule has 0 bridgehead atoms. The van der Waals surface area contributed by atoms with E-state index in [1.165, 1.54) is 17.0 Å². The largest absolute Gasteiger partial charge is 0.311 e. The first-order chi connectivity index (χ1) is 7.66. The predicted molar refractivity (Wildman–Crippen MR) is 64.4 cm³/mol. The minimum Gasteiger partial charge on any atom is -0.311 e. The van der Waals surface area contributed by atoms with Crippen molar-refractivity contribution in [1.29, 1.82) is 0 Å². The molecule has 1 aliphatic heterocycles. The Hall–Kier alpha value is -1.00. The van der Waals surface area contributed by atoms with Crippen LogP contribution >= 0.6 is 0 Å². The second kappa shape index (κ2) is 4.89. The van der Waals surface area contributed by atoms with Gasteiger partial charge in [0, 0.05) is 25.2 Å². The van der Waals surface area contributed by atoms with Crippen LogP contribution in [0.1, 0.15) is 22.8 Å². The van der Waals surface area contributed by atoms with Crippen LogP contribution in [0.4, 0.5) is 0 Å². The first kappa shape index (κ1) is 11.5. The molecule has 0 spiro atoms. The molecule has 0 fully saturated rings. The number of nitrogens with one attached hydrogen (secondary N) is 1. The second-order valence-electron chi connectivity index (χ2n) is 4.63. The fraction of sp³-hybridized carbons (Fsp3) is 0.667. The molecule has 0 saturated heterocycles. The molecule has 16 heavy (non-hydrogen) atoms. The summed E-state index contributed by atoms with van der Waals surface area (Å²) in [5.41, 5.74) is 3.72. The van der Waals surface area contributed by atoms with Gasteiger partial charge in [0.2, 0.25) is 0 Å². The number of aryl methyl sites for hydroxylation is 1. The van der Waals surface area contributed by atoms with Crippen LogP contribution in [0.5, 0.6) is 0 Å². The zero-order valence-electron chi connectivity index (χ0n) is 10.4. The summed E-state index contributed by atoms with van der Waals surface area (Å²) in [5, 5.41) is 3.36. The van der Waals surface area contributed by atoms with Crippen molar-refractivity contribution in [2.24, 2.45) is 0 Å². The van der Waals surface area contributed by atoms with Gasteiger partial charge in [-0.05, 0) is 39.5 Å². The van der Waals surface area contributed by atoms with Gasteiger partial charge in [0.05, 0.1) is 5.69 Å². The van der Waals surface area contributed by atoms with Crippen molar-refractivity contribution < 1.29 is 0 Å². The number of hydrogen-bond donors (Lipinski definition) is 1. The first-order valence-corrected chi connectivity index (χ1v) is 5.87. The summed E-state index contributed by atoms with van der Waals surface area (Å²) >= 11 is 0. The highest BCUT2D eigenvalue weighted by molar-refractivity contribution is 5.27. The molecule has 1 aromatic rings. The summed E-state index contributed by atoms with van der Waals surface area (Å²) in [6.07, 6.45) is 2.00. The molecule has 0 unspecified atom stereocenters. The summed E-state index contributed by atoms with van der Waals surface area (Å²) < 4.78 is 0. The lowest BCUT2D eigenvalue weighted by Gasteiger charge is -2.19. The molecule has 1 aliphatic rings. The molecule has 1 N–H and O–H groups in total. The van der Waals surface area contributed by atoms with Crippen LogP contribution in [-0.4, -0.2) is 42.1 Å². The number of aromatic nitrogens is 2. The zero-order valence-corrected chi connectivity index (χ0v) is 10.4. The lowest BCUT2D eigenvalue weighted by Crippen LogP contribution is -2.27. The fourth-order valence-electron chi connectivity index (χ4n) is 2.05. The third-order valence-electron chi connectivity index (χ3n) is 2.97. The van der Waals surface area contributed by atoms with Gasteiger partial charge in [-0.2, -0.15) is 0 Å². The van der Waals surface area contributed by atoms with Crippen molar-refractivity contribution in [3.8, 4) is 0 Å². The van der Waals surface area contributed by atoms with Crippen molar-refractivity contribution in [3.05, 3.63) is 22.8 Å². The Morgan fingerprint density at radius 3 is 2.88 bits per heavy atom. The number of nitrogens with zero attached hydrogens (tertiary/aromatic N) is 3. The molecular formula is C12H20N4. The molecule has 0 atom stereocenters. The molecule has 0 amide bonds. The molecule has 2 rings (SSSR count). The van der Waals surface area contributed by atoms with Crippen molar-refractivity contribution in [2.75, 3.05) is 27.2 Å². The molecule has 4 nitrogen and oxygen atoms in total. The van der Waals surface area contributed by atoms with Gasteiger partial charge in [-0.1, -0.05) is 0 Å². The molecule has 0 aliphatic carbocycles. The minimum absolute atomic E-state index is 0.896. The Kier molecular flexibility index (Phi) is 3.51. The van der Waals surface area contributed by atoms with Gasteiger partial charge in [-0.25, -0.2) is 9.97 Å². The maximum absolute atomic E-state index is 4.65. The highest BCUT2D eigenvalue weighted by Gasteiger charge is 2.14. The summed E-state index contributed by atoms with van der Waals surface area (Å²) in [7, 11) is 4.15. The van der Waals surface area contributed by atoms with E-state index in [4.69, 9.17) is 0 Å². The Labute approximate surface area is 97.1 Å². The smallest absolute Gasteiger partial charge is 0.130 e. The van der Waals surface area contributed by atoms with E-state index in [2.05, 4.69) is 41.2 Å². The Morgan fingerprint density at radius 1 is 1.31 bits per heavy atom. The van der Waals surface area contributed by atoms with Gasteiger partial charge in [0.25, 0.3) is 0 Å². The standard InChI is InChI=1S/C12H20N4/c1-9-10-4-6-13-8-11(10)15-12(14-9)5-7-16(2)3/h13H,4-8H2,1-3H3. The molecule has 88 valence electrons. The molecule has 0 aromatic carbocycles. The van der Waals surface area contributed by atoms with Gasteiger partial charge >= 0.3 is 0 Å². The van der Waals surface area contributed by atoms with Crippen LogP contribution in [0.15, 0.2) is 0 Å². The van der Waals surface area contributed by atoms with Crippen LogP contribution in [0.2, 0.25) is 0 Å². The second-order valence-corrected chi connectivity index (χ2v) is 4.63. The van der Waals surface area contributed by atoms with Crippen LogP contribution in [0.25, 0.3) is 0 Å². The number of hydrogen-bond acceptors (Lipinski definition) is 4. The van der Waals surface area contributed by atoms with E-state index in [1.54, 1.807) is 0 Å². The normalized spacial score (nSPS) is 15.2. The van der Waals surface area contributed by atoms with Crippen LogP contribution in [-0.2, 0) is 19.4 Å². The van der Waals surface area contributed by atoms with E-state index >= 15 is 0 Å². The van der Waals surface area contributed by atoms with E-state index < -0.39 is 0 Å². The highest BCUT2D eigenvalue weighted by atomic mass is 15.1. The first-order valence-electron chi connectivity index (χ1n) is 5.87. The maximum atomic E-state index is 4.65. The van der Waals surface area contributed by atoms with Crippen molar-refractivity contribution in [3.63, 3.8) is 0 Å². The topological polar surface area (TPSA) is 41.1 Å². The average Bonchev–Trinajstić information content (AvgIpc) is 2.26. The Morgan fingerprint density at radius 2 is 2.12 bits per heavy atom. The van der Waals surface area contributed by atoms with E-state index in [0.29, 0.717) is 0 Å². The monoisotopic (exact) mass is 220 g/mol. The highest BCUT2D eigenvalue weighted by Crippen LogP contribution is 2.15. The van der Waals surface area contributed by atoms with E-state index in [0.717, 1.165) is 38.3 Å². The van der Waals surface area contributed by atoms with E-state index in [1.807, 2.05) is 0 Å². The summed E-state index contributed by atoms with van der Waals surface area (Å²) in [6, 6.07) is 0. The van der Waals surface area contributed by atoms with Crippen molar-refractivity contribution in [1.82, 2.24) is 20.2 Å². The maximum Gasteiger partial charge on any atom is 0.130 e. The predicted octanol–water partition coefficient (Wildman–Crippen LogP) is 0.535. The van der Waals surface area contributed by atoms with Gasteiger partial charge in [0.15, 0.2) is 0 Å². The van der Waals surface area contributed by atoms with E-state index in [9.17, 15) is 0 Å². The summed E-state index contributed by atoms with van der Waals surface area (Å²) in [4.78, 5) is 11.4. The average molecular weight is 220 g/mol. The number of likely N-dealkylation sites (N-methyl/N-ethyl adjacent to an activating group) is 1. The van der Waals surface area contributed by atoms with Crippen LogP contribution in [0, 0.1) is 6.92 Å². The molecule has 0 saturated carbocycles. The van der Waals surface area contributed by atoms with Gasteiger partial charge in [0.1, 0.15) is 5.82 Å². The molecule has 1 aromatic heterocycles. The van der Waals surface area contributed by atoms with Gasteiger partial charge in [-0.15, -0.1) is 0 Å². The molecule has 4 heteroatoms. The lowest BCUT2D eigenvalue weighted by molar-refractivity contribution is 0.408. The zero-order chi connectivity index (χ0) is 11.5. The van der Waals surface area contributed by atoms with Crippen molar-refractivity contribution >= 4 is 0 Å². The van der Waals surface area contributed by atoms with Crippen LogP contribution < -0.4 is 5.32 Å². The van der Waals surface area contributed by atoms with Crippen LogP contribution in [0.3, 0.4) is 0 Å². The van der Waals surface area contributed by atoms with Crippen molar-refractivity contribution in [2.45, 2.75) is 26.3 Å².